The second-order valence-corrected chi connectivity index (χ2v) is 7.86. The van der Waals surface area contributed by atoms with Gasteiger partial charge in [0.15, 0.2) is 0 Å². The van der Waals surface area contributed by atoms with Gasteiger partial charge in [0, 0.05) is 39.6 Å². The number of hydrogen-bond acceptors (Lipinski definition) is 3. The average Bonchev–Trinajstić information content (AvgIpc) is 2.94. The Morgan fingerprint density at radius 1 is 0.966 bits per heavy atom. The molecule has 3 rings (SSSR count). The highest BCUT2D eigenvalue weighted by Crippen LogP contribution is 2.20. The molecule has 1 N–H and O–H groups in total. The summed E-state index contributed by atoms with van der Waals surface area (Å²) in [7, 11) is 0. The van der Waals surface area contributed by atoms with E-state index in [0.29, 0.717) is 6.42 Å². The lowest BCUT2D eigenvalue weighted by Crippen LogP contribution is -2.38. The molecule has 0 spiro atoms. The summed E-state index contributed by atoms with van der Waals surface area (Å²) in [6.07, 6.45) is 1.26. The standard InChI is InChI=1S/C24H31N3O2/c1-19-9-11-22(12-10-19)23(25-20(2)28)17-24(29)27-14-6-13-26(15-16-27)18-21-7-4-3-5-8-21/h3-5,7-12,23H,6,13-18H2,1-2H3,(H,25,28). The summed E-state index contributed by atoms with van der Waals surface area (Å²) in [4.78, 5) is 29.0. The summed E-state index contributed by atoms with van der Waals surface area (Å²) in [5.41, 5.74) is 3.43. The van der Waals surface area contributed by atoms with Crippen molar-refractivity contribution in [2.45, 2.75) is 39.3 Å². The average molecular weight is 394 g/mol. The maximum atomic E-state index is 13.0. The van der Waals surface area contributed by atoms with Crippen molar-refractivity contribution in [2.24, 2.45) is 0 Å². The van der Waals surface area contributed by atoms with Crippen molar-refractivity contribution >= 4 is 11.8 Å². The quantitative estimate of drug-likeness (QED) is 0.819. The van der Waals surface area contributed by atoms with E-state index in [1.165, 1.54) is 12.5 Å². The van der Waals surface area contributed by atoms with Crippen LogP contribution in [0.2, 0.25) is 0 Å². The van der Waals surface area contributed by atoms with Crippen LogP contribution in [-0.4, -0.2) is 47.8 Å². The van der Waals surface area contributed by atoms with Gasteiger partial charge in [-0.05, 0) is 24.5 Å². The number of carbonyl (C=O) groups excluding carboxylic acids is 2. The first kappa shape index (κ1) is 21.1. The lowest BCUT2D eigenvalue weighted by atomic mass is 10.0. The second kappa shape index (κ2) is 10.2. The van der Waals surface area contributed by atoms with Crippen LogP contribution in [0.3, 0.4) is 0 Å². The van der Waals surface area contributed by atoms with Crippen LogP contribution >= 0.6 is 0 Å². The number of carbonyl (C=O) groups is 2. The van der Waals surface area contributed by atoms with Crippen molar-refractivity contribution in [1.29, 1.82) is 0 Å². The number of amides is 2. The Bertz CT molecular complexity index is 805. The van der Waals surface area contributed by atoms with Gasteiger partial charge < -0.3 is 10.2 Å². The Morgan fingerprint density at radius 3 is 2.38 bits per heavy atom. The topological polar surface area (TPSA) is 52.7 Å². The van der Waals surface area contributed by atoms with Gasteiger partial charge in [0.1, 0.15) is 0 Å². The minimum absolute atomic E-state index is 0.103. The summed E-state index contributed by atoms with van der Waals surface area (Å²) in [5, 5.41) is 2.95. The molecular weight excluding hydrogens is 362 g/mol. The summed E-state index contributed by atoms with van der Waals surface area (Å²) in [6.45, 7) is 7.81. The van der Waals surface area contributed by atoms with Gasteiger partial charge >= 0.3 is 0 Å². The van der Waals surface area contributed by atoms with Crippen molar-refractivity contribution in [2.75, 3.05) is 26.2 Å². The van der Waals surface area contributed by atoms with Crippen LogP contribution in [0.15, 0.2) is 54.6 Å². The molecule has 0 bridgehead atoms. The maximum Gasteiger partial charge on any atom is 0.225 e. The van der Waals surface area contributed by atoms with Crippen molar-refractivity contribution in [3.05, 3.63) is 71.3 Å². The largest absolute Gasteiger partial charge is 0.349 e. The summed E-state index contributed by atoms with van der Waals surface area (Å²) >= 11 is 0. The number of hydrogen-bond donors (Lipinski definition) is 1. The Labute approximate surface area is 173 Å². The van der Waals surface area contributed by atoms with E-state index in [4.69, 9.17) is 0 Å². The van der Waals surface area contributed by atoms with Crippen molar-refractivity contribution < 1.29 is 9.59 Å². The van der Waals surface area contributed by atoms with Crippen LogP contribution in [0.5, 0.6) is 0 Å². The Kier molecular flexibility index (Phi) is 7.42. The zero-order valence-corrected chi connectivity index (χ0v) is 17.4. The van der Waals surface area contributed by atoms with Crippen molar-refractivity contribution in [1.82, 2.24) is 15.1 Å². The highest BCUT2D eigenvalue weighted by molar-refractivity contribution is 5.79. The molecule has 1 fully saturated rings. The lowest BCUT2D eigenvalue weighted by Gasteiger charge is -2.25. The van der Waals surface area contributed by atoms with Gasteiger partial charge in [0.2, 0.25) is 11.8 Å². The number of aryl methyl sites for hydroxylation is 1. The molecule has 1 unspecified atom stereocenters. The number of rotatable bonds is 6. The molecule has 0 saturated carbocycles. The normalized spacial score (nSPS) is 16.1. The molecule has 2 aromatic carbocycles. The van der Waals surface area contributed by atoms with Gasteiger partial charge in [0.25, 0.3) is 0 Å². The van der Waals surface area contributed by atoms with Gasteiger partial charge in [-0.1, -0.05) is 60.2 Å². The van der Waals surface area contributed by atoms with Gasteiger partial charge in [-0.2, -0.15) is 0 Å². The van der Waals surface area contributed by atoms with Crippen molar-refractivity contribution in [3.63, 3.8) is 0 Å². The zero-order chi connectivity index (χ0) is 20.6. The van der Waals surface area contributed by atoms with E-state index in [2.05, 4.69) is 34.5 Å². The third kappa shape index (κ3) is 6.43. The molecule has 1 atom stereocenters. The first-order valence-electron chi connectivity index (χ1n) is 10.4. The molecule has 1 aliphatic rings. The van der Waals surface area contributed by atoms with Gasteiger partial charge in [0.05, 0.1) is 12.5 Å². The van der Waals surface area contributed by atoms with E-state index in [9.17, 15) is 9.59 Å². The molecule has 1 heterocycles. The Hall–Kier alpha value is -2.66. The van der Waals surface area contributed by atoms with E-state index in [1.807, 2.05) is 42.2 Å². The first-order chi connectivity index (χ1) is 14.0. The third-order valence-corrected chi connectivity index (χ3v) is 5.43. The minimum atomic E-state index is -0.288. The smallest absolute Gasteiger partial charge is 0.225 e. The highest BCUT2D eigenvalue weighted by atomic mass is 16.2. The monoisotopic (exact) mass is 393 g/mol. The molecular formula is C24H31N3O2. The first-order valence-corrected chi connectivity index (χ1v) is 10.4. The molecule has 2 aromatic rings. The fraction of sp³-hybridized carbons (Fsp3) is 0.417. The SMILES string of the molecule is CC(=O)NC(CC(=O)N1CCCN(Cc2ccccc2)CC1)c1ccc(C)cc1. The van der Waals surface area contributed by atoms with Crippen LogP contribution < -0.4 is 5.32 Å². The van der Waals surface area contributed by atoms with E-state index < -0.39 is 0 Å². The molecule has 154 valence electrons. The highest BCUT2D eigenvalue weighted by Gasteiger charge is 2.23. The fourth-order valence-corrected chi connectivity index (χ4v) is 3.82. The van der Waals surface area contributed by atoms with E-state index in [0.717, 1.165) is 50.3 Å². The molecule has 5 heteroatoms. The van der Waals surface area contributed by atoms with Crippen LogP contribution in [0, 0.1) is 6.92 Å². The summed E-state index contributed by atoms with van der Waals surface area (Å²) in [5.74, 6) is -0.0147. The van der Waals surface area contributed by atoms with Gasteiger partial charge in [-0.3, -0.25) is 14.5 Å². The van der Waals surface area contributed by atoms with Crippen LogP contribution in [0.25, 0.3) is 0 Å². The van der Waals surface area contributed by atoms with Crippen LogP contribution in [0.1, 0.15) is 42.5 Å². The fourth-order valence-electron chi connectivity index (χ4n) is 3.82. The molecule has 0 aromatic heterocycles. The molecule has 5 nitrogen and oxygen atoms in total. The second-order valence-electron chi connectivity index (χ2n) is 7.86. The van der Waals surface area contributed by atoms with E-state index >= 15 is 0 Å². The zero-order valence-electron chi connectivity index (χ0n) is 17.4. The minimum Gasteiger partial charge on any atom is -0.349 e. The molecule has 0 aliphatic carbocycles. The summed E-state index contributed by atoms with van der Waals surface area (Å²) in [6, 6.07) is 18.2. The van der Waals surface area contributed by atoms with E-state index in [-0.39, 0.29) is 17.9 Å². The maximum absolute atomic E-state index is 13.0. The number of nitrogens with one attached hydrogen (secondary N) is 1. The van der Waals surface area contributed by atoms with E-state index in [1.54, 1.807) is 0 Å². The Morgan fingerprint density at radius 2 is 1.69 bits per heavy atom. The molecule has 0 radical (unpaired) electrons. The predicted octanol–water partition coefficient (Wildman–Crippen LogP) is 3.30. The van der Waals surface area contributed by atoms with Gasteiger partial charge in [-0.25, -0.2) is 0 Å². The molecule has 2 amide bonds. The molecule has 1 saturated heterocycles. The molecule has 1 aliphatic heterocycles. The Balaban J connectivity index is 1.59. The molecule has 29 heavy (non-hydrogen) atoms. The van der Waals surface area contributed by atoms with Crippen LogP contribution in [-0.2, 0) is 16.1 Å². The summed E-state index contributed by atoms with van der Waals surface area (Å²) < 4.78 is 0. The number of benzene rings is 2. The lowest BCUT2D eigenvalue weighted by molar-refractivity contribution is -0.132. The predicted molar refractivity (Wildman–Crippen MR) is 115 cm³/mol. The third-order valence-electron chi connectivity index (χ3n) is 5.43. The number of nitrogens with zero attached hydrogens (tertiary/aromatic N) is 2. The van der Waals surface area contributed by atoms with Gasteiger partial charge in [-0.15, -0.1) is 0 Å². The van der Waals surface area contributed by atoms with Crippen LogP contribution in [0.4, 0.5) is 0 Å². The van der Waals surface area contributed by atoms with Crippen molar-refractivity contribution in [3.8, 4) is 0 Å².